The number of hydrazine groups is 1. The highest BCUT2D eigenvalue weighted by molar-refractivity contribution is 5.38. The van der Waals surface area contributed by atoms with E-state index >= 15 is 0 Å². The van der Waals surface area contributed by atoms with E-state index in [1.165, 1.54) is 0 Å². The van der Waals surface area contributed by atoms with Gasteiger partial charge in [0.05, 0.1) is 0 Å². The first-order chi connectivity index (χ1) is 7.20. The van der Waals surface area contributed by atoms with Gasteiger partial charge in [-0.1, -0.05) is 6.07 Å². The van der Waals surface area contributed by atoms with E-state index in [9.17, 15) is 0 Å². The number of anilines is 1. The van der Waals surface area contributed by atoms with Crippen LogP contribution in [0.3, 0.4) is 0 Å². The lowest BCUT2D eigenvalue weighted by molar-refractivity contribution is 0.804. The smallest absolute Gasteiger partial charge is 0.157 e. The van der Waals surface area contributed by atoms with Gasteiger partial charge >= 0.3 is 0 Å². The Labute approximate surface area is 87.1 Å². The topological polar surface area (TPSA) is 81.7 Å². The normalized spacial score (nSPS) is 10.3. The van der Waals surface area contributed by atoms with Crippen LogP contribution >= 0.6 is 0 Å². The van der Waals surface area contributed by atoms with E-state index in [1.807, 2.05) is 26.0 Å². The van der Waals surface area contributed by atoms with Crippen molar-refractivity contribution in [3.8, 4) is 5.82 Å². The molecule has 2 aromatic heterocycles. The molecule has 15 heavy (non-hydrogen) atoms. The molecular formula is C9H12N6. The summed E-state index contributed by atoms with van der Waals surface area (Å²) in [4.78, 5) is 8.46. The average Bonchev–Trinajstić information content (AvgIpc) is 2.58. The van der Waals surface area contributed by atoms with Crippen molar-refractivity contribution in [3.63, 3.8) is 0 Å². The van der Waals surface area contributed by atoms with Crippen LogP contribution in [0.5, 0.6) is 0 Å². The van der Waals surface area contributed by atoms with Crippen LogP contribution in [-0.4, -0.2) is 19.7 Å². The van der Waals surface area contributed by atoms with Gasteiger partial charge in [-0.25, -0.2) is 15.8 Å². The second kappa shape index (κ2) is 3.66. The third-order valence-corrected chi connectivity index (χ3v) is 1.97. The third kappa shape index (κ3) is 1.79. The summed E-state index contributed by atoms with van der Waals surface area (Å²) >= 11 is 0. The second-order valence-corrected chi connectivity index (χ2v) is 3.14. The zero-order valence-corrected chi connectivity index (χ0v) is 8.60. The molecule has 0 atom stereocenters. The molecule has 0 unspecified atom stereocenters. The monoisotopic (exact) mass is 204 g/mol. The van der Waals surface area contributed by atoms with Gasteiger partial charge in [-0.15, -0.1) is 5.10 Å². The molecule has 0 aliphatic heterocycles. The Hall–Kier alpha value is -1.95. The molecule has 0 aromatic carbocycles. The Balaban J connectivity index is 2.49. The van der Waals surface area contributed by atoms with E-state index in [2.05, 4.69) is 20.5 Å². The van der Waals surface area contributed by atoms with Gasteiger partial charge in [-0.3, -0.25) is 0 Å². The van der Waals surface area contributed by atoms with Gasteiger partial charge in [0.15, 0.2) is 5.82 Å². The van der Waals surface area contributed by atoms with E-state index in [0.717, 1.165) is 11.6 Å². The van der Waals surface area contributed by atoms with Crippen molar-refractivity contribution < 1.29 is 0 Å². The summed E-state index contributed by atoms with van der Waals surface area (Å²) in [6.07, 6.45) is 0. The standard InChI is InChI=1S/C9H12N6/c1-6-11-7(2)15(14-6)9-5-3-4-8(12-9)13-10/h3-5H,10H2,1-2H3,(H,12,13). The predicted octanol–water partition coefficient (Wildman–Crippen LogP) is 0.565. The predicted molar refractivity (Wildman–Crippen MR) is 56.4 cm³/mol. The molecule has 78 valence electrons. The Kier molecular flexibility index (Phi) is 2.34. The molecule has 6 nitrogen and oxygen atoms in total. The summed E-state index contributed by atoms with van der Waals surface area (Å²) in [5.74, 6) is 8.10. The van der Waals surface area contributed by atoms with Crippen molar-refractivity contribution >= 4 is 5.82 Å². The van der Waals surface area contributed by atoms with Gasteiger partial charge in [0, 0.05) is 0 Å². The first-order valence-corrected chi connectivity index (χ1v) is 4.55. The molecule has 2 heterocycles. The summed E-state index contributed by atoms with van der Waals surface area (Å²) < 4.78 is 1.68. The van der Waals surface area contributed by atoms with Crippen molar-refractivity contribution in [2.45, 2.75) is 13.8 Å². The van der Waals surface area contributed by atoms with Crippen molar-refractivity contribution in [1.29, 1.82) is 0 Å². The molecule has 3 N–H and O–H groups in total. The van der Waals surface area contributed by atoms with E-state index in [-0.39, 0.29) is 0 Å². The third-order valence-electron chi connectivity index (χ3n) is 1.97. The number of pyridine rings is 1. The van der Waals surface area contributed by atoms with Crippen molar-refractivity contribution in [2.24, 2.45) is 5.84 Å². The van der Waals surface area contributed by atoms with Crippen LogP contribution in [-0.2, 0) is 0 Å². The lowest BCUT2D eigenvalue weighted by Gasteiger charge is -2.03. The molecule has 2 aromatic rings. The molecule has 2 rings (SSSR count). The fourth-order valence-electron chi connectivity index (χ4n) is 1.36. The maximum atomic E-state index is 5.28. The van der Waals surface area contributed by atoms with Crippen LogP contribution in [0.15, 0.2) is 18.2 Å². The van der Waals surface area contributed by atoms with Gasteiger partial charge in [-0.2, -0.15) is 4.68 Å². The van der Waals surface area contributed by atoms with Gasteiger partial charge in [0.1, 0.15) is 17.5 Å². The molecule has 0 fully saturated rings. The van der Waals surface area contributed by atoms with Crippen molar-refractivity contribution in [1.82, 2.24) is 19.7 Å². The van der Waals surface area contributed by atoms with Crippen LogP contribution in [0, 0.1) is 13.8 Å². The lowest BCUT2D eigenvalue weighted by Crippen LogP contribution is -2.10. The quantitative estimate of drug-likeness (QED) is 0.552. The summed E-state index contributed by atoms with van der Waals surface area (Å²) in [5.41, 5.74) is 2.49. The highest BCUT2D eigenvalue weighted by Gasteiger charge is 2.06. The van der Waals surface area contributed by atoms with Gasteiger partial charge < -0.3 is 5.43 Å². The highest BCUT2D eigenvalue weighted by atomic mass is 15.4. The minimum Gasteiger partial charge on any atom is -0.308 e. The number of nitrogens with two attached hydrogens (primary N) is 1. The minimum absolute atomic E-state index is 0.597. The van der Waals surface area contributed by atoms with E-state index in [1.54, 1.807) is 10.7 Å². The Morgan fingerprint density at radius 2 is 2.07 bits per heavy atom. The molecular weight excluding hydrogens is 192 g/mol. The fourth-order valence-corrected chi connectivity index (χ4v) is 1.36. The van der Waals surface area contributed by atoms with E-state index in [4.69, 9.17) is 5.84 Å². The van der Waals surface area contributed by atoms with Gasteiger partial charge in [-0.05, 0) is 26.0 Å². The van der Waals surface area contributed by atoms with Crippen molar-refractivity contribution in [2.75, 3.05) is 5.43 Å². The average molecular weight is 204 g/mol. The molecule has 0 aliphatic carbocycles. The minimum atomic E-state index is 0.597. The largest absolute Gasteiger partial charge is 0.308 e. The Bertz CT molecular complexity index is 475. The maximum Gasteiger partial charge on any atom is 0.157 e. The van der Waals surface area contributed by atoms with Gasteiger partial charge in [0.25, 0.3) is 0 Å². The molecule has 0 bridgehead atoms. The number of hydrogen-bond donors (Lipinski definition) is 2. The van der Waals surface area contributed by atoms with Crippen LogP contribution in [0.2, 0.25) is 0 Å². The van der Waals surface area contributed by atoms with Crippen LogP contribution in [0.4, 0.5) is 5.82 Å². The molecule has 0 amide bonds. The number of aryl methyl sites for hydroxylation is 2. The number of hydrogen-bond acceptors (Lipinski definition) is 5. The Morgan fingerprint density at radius 1 is 1.27 bits per heavy atom. The lowest BCUT2D eigenvalue weighted by atomic mass is 10.4. The zero-order valence-electron chi connectivity index (χ0n) is 8.60. The van der Waals surface area contributed by atoms with Crippen molar-refractivity contribution in [3.05, 3.63) is 29.8 Å². The highest BCUT2D eigenvalue weighted by Crippen LogP contribution is 2.09. The molecule has 0 saturated heterocycles. The molecule has 6 heteroatoms. The SMILES string of the molecule is Cc1nc(C)n(-c2cccc(NN)n2)n1. The second-order valence-electron chi connectivity index (χ2n) is 3.14. The summed E-state index contributed by atoms with van der Waals surface area (Å²) in [5, 5.41) is 4.23. The summed E-state index contributed by atoms with van der Waals surface area (Å²) in [7, 11) is 0. The number of aromatic nitrogens is 4. The number of nitrogens with zero attached hydrogens (tertiary/aromatic N) is 4. The van der Waals surface area contributed by atoms with E-state index in [0.29, 0.717) is 11.6 Å². The summed E-state index contributed by atoms with van der Waals surface area (Å²) in [6.45, 7) is 3.72. The van der Waals surface area contributed by atoms with Crippen LogP contribution < -0.4 is 11.3 Å². The van der Waals surface area contributed by atoms with Crippen LogP contribution in [0.25, 0.3) is 5.82 Å². The number of nitrogens with one attached hydrogen (secondary N) is 1. The number of nitrogen functional groups attached to an aromatic ring is 1. The molecule has 0 aliphatic rings. The Morgan fingerprint density at radius 3 is 2.67 bits per heavy atom. The summed E-state index contributed by atoms with van der Waals surface area (Å²) in [6, 6.07) is 5.48. The molecule has 0 saturated carbocycles. The fraction of sp³-hybridized carbons (Fsp3) is 0.222. The molecule has 0 spiro atoms. The van der Waals surface area contributed by atoms with E-state index < -0.39 is 0 Å². The molecule has 0 radical (unpaired) electrons. The first kappa shape index (κ1) is 9.60. The zero-order chi connectivity index (χ0) is 10.8. The maximum absolute atomic E-state index is 5.28. The van der Waals surface area contributed by atoms with Crippen LogP contribution in [0.1, 0.15) is 11.6 Å². The first-order valence-electron chi connectivity index (χ1n) is 4.55. The van der Waals surface area contributed by atoms with Gasteiger partial charge in [0.2, 0.25) is 0 Å². The number of rotatable bonds is 2.